The number of carbonyl (C=O) groups is 1. The van der Waals surface area contributed by atoms with Crippen LogP contribution in [0.5, 0.6) is 11.6 Å². The third-order valence-electron chi connectivity index (χ3n) is 3.16. The van der Waals surface area contributed by atoms with Crippen LogP contribution < -0.4 is 16.0 Å². The number of hydrogen-bond donors (Lipinski definition) is 3. The Morgan fingerprint density at radius 1 is 1.27 bits per heavy atom. The van der Waals surface area contributed by atoms with Crippen LogP contribution in [0.3, 0.4) is 0 Å². The van der Waals surface area contributed by atoms with Crippen molar-refractivity contribution in [2.24, 2.45) is 10.2 Å². The molecule has 1 aromatic heterocycles. The molecule has 3 N–H and O–H groups in total. The third kappa shape index (κ3) is 4.17. The van der Waals surface area contributed by atoms with Crippen LogP contribution in [0.2, 0.25) is 0 Å². The molecule has 0 spiro atoms. The molecule has 0 saturated heterocycles. The molecule has 12 heteroatoms. The van der Waals surface area contributed by atoms with E-state index < -0.39 is 40.3 Å². The number of H-pyrrole nitrogens is 2. The number of nitrogens with zero attached hydrogens (tertiary/aromatic N) is 3. The van der Waals surface area contributed by atoms with Gasteiger partial charge < -0.3 is 9.84 Å². The van der Waals surface area contributed by atoms with E-state index in [2.05, 4.69) is 10.2 Å². The zero-order valence-electron chi connectivity index (χ0n) is 13.6. The van der Waals surface area contributed by atoms with Crippen LogP contribution in [0.4, 0.5) is 11.4 Å². The first kappa shape index (κ1) is 18.5. The van der Waals surface area contributed by atoms with Gasteiger partial charge in [0.15, 0.2) is 6.61 Å². The van der Waals surface area contributed by atoms with Crippen LogP contribution in [0.1, 0.15) is 11.1 Å². The van der Waals surface area contributed by atoms with Gasteiger partial charge in [-0.15, -0.1) is 10.2 Å². The maximum atomic E-state index is 11.7. The molecule has 2 aromatic rings. The summed E-state index contributed by atoms with van der Waals surface area (Å²) < 4.78 is 5.30. The molecule has 26 heavy (non-hydrogen) atoms. The minimum Gasteiger partial charge on any atom is -0.493 e. The maximum Gasteiger partial charge on any atom is 0.328 e. The highest BCUT2D eigenvalue weighted by molar-refractivity contribution is 5.78. The summed E-state index contributed by atoms with van der Waals surface area (Å²) in [5.41, 5.74) is -1.80. The lowest BCUT2D eigenvalue weighted by atomic mass is 10.1. The number of carbonyl (C=O) groups excluding carboxylic acids is 1. The molecule has 0 radical (unpaired) electrons. The number of aromatic hydroxyl groups is 1. The van der Waals surface area contributed by atoms with Gasteiger partial charge in [0, 0.05) is 12.1 Å². The summed E-state index contributed by atoms with van der Waals surface area (Å²) in [5.74, 6) is -1.44. The maximum absolute atomic E-state index is 11.7. The van der Waals surface area contributed by atoms with Gasteiger partial charge in [-0.3, -0.25) is 29.7 Å². The molecule has 136 valence electrons. The lowest BCUT2D eigenvalue weighted by molar-refractivity contribution is -0.385. The molecule has 0 aliphatic carbocycles. The lowest BCUT2D eigenvalue weighted by Gasteiger charge is -2.10. The summed E-state index contributed by atoms with van der Waals surface area (Å²) >= 11 is 0. The predicted octanol–water partition coefficient (Wildman–Crippen LogP) is 0.983. The van der Waals surface area contributed by atoms with Crippen molar-refractivity contribution in [1.82, 2.24) is 9.97 Å². The number of hydrogen-bond acceptors (Lipinski definition) is 8. The van der Waals surface area contributed by atoms with Crippen molar-refractivity contribution in [3.63, 3.8) is 0 Å². The second-order valence-corrected chi connectivity index (χ2v) is 5.15. The van der Waals surface area contributed by atoms with Crippen molar-refractivity contribution in [1.29, 1.82) is 0 Å². The van der Waals surface area contributed by atoms with Crippen molar-refractivity contribution < 1.29 is 19.6 Å². The van der Waals surface area contributed by atoms with E-state index in [1.54, 1.807) is 13.8 Å². The average molecular weight is 363 g/mol. The molecule has 1 heterocycles. The van der Waals surface area contributed by atoms with E-state index in [9.17, 15) is 29.6 Å². The Balaban J connectivity index is 2.12. The largest absolute Gasteiger partial charge is 0.493 e. The fraction of sp³-hybridized carbons (Fsp3) is 0.214. The predicted molar refractivity (Wildman–Crippen MR) is 86.9 cm³/mol. The van der Waals surface area contributed by atoms with E-state index in [1.165, 1.54) is 12.1 Å². The molecule has 0 atom stereocenters. The molecule has 2 rings (SSSR count). The monoisotopic (exact) mass is 363 g/mol. The van der Waals surface area contributed by atoms with E-state index in [0.29, 0.717) is 11.1 Å². The standard InChI is InChI=1S/C14H13N5O7/c1-6-3-8(19(24)25)4-7(2)11(6)26-5-9(20)17-18-10-12(21)15-14(23)16-13(10)22/h3-4H,5H2,1-2H3,(H3,15,16,21,22,23). The van der Waals surface area contributed by atoms with Crippen LogP contribution in [0.15, 0.2) is 32.0 Å². The lowest BCUT2D eigenvalue weighted by Crippen LogP contribution is -2.21. The van der Waals surface area contributed by atoms with E-state index >= 15 is 0 Å². The summed E-state index contributed by atoms with van der Waals surface area (Å²) in [4.78, 5) is 48.0. The molecular formula is C14H13N5O7. The van der Waals surface area contributed by atoms with Gasteiger partial charge in [-0.25, -0.2) is 4.79 Å². The van der Waals surface area contributed by atoms with E-state index in [-0.39, 0.29) is 11.4 Å². The number of benzene rings is 1. The Morgan fingerprint density at radius 2 is 1.88 bits per heavy atom. The van der Waals surface area contributed by atoms with Crippen LogP contribution in [0.25, 0.3) is 0 Å². The molecule has 1 amide bonds. The summed E-state index contributed by atoms with van der Waals surface area (Å²) in [6, 6.07) is 2.60. The van der Waals surface area contributed by atoms with Gasteiger partial charge in [0.1, 0.15) is 5.75 Å². The molecule has 12 nitrogen and oxygen atoms in total. The van der Waals surface area contributed by atoms with Crippen LogP contribution in [0, 0.1) is 24.0 Å². The number of aryl methyl sites for hydroxylation is 2. The van der Waals surface area contributed by atoms with E-state index in [1.807, 2.05) is 9.97 Å². The van der Waals surface area contributed by atoms with Crippen molar-refractivity contribution in [2.75, 3.05) is 6.61 Å². The van der Waals surface area contributed by atoms with Crippen molar-refractivity contribution >= 4 is 17.3 Å². The summed E-state index contributed by atoms with van der Waals surface area (Å²) in [5, 5.41) is 26.7. The number of amides is 1. The first-order valence-electron chi connectivity index (χ1n) is 7.07. The van der Waals surface area contributed by atoms with Gasteiger partial charge in [-0.2, -0.15) is 0 Å². The molecule has 0 saturated carbocycles. The van der Waals surface area contributed by atoms with Gasteiger partial charge in [0.2, 0.25) is 11.6 Å². The number of non-ortho nitro benzene ring substituents is 1. The number of nitro benzene ring substituents is 1. The van der Waals surface area contributed by atoms with Gasteiger partial charge >= 0.3 is 11.6 Å². The second kappa shape index (κ2) is 7.38. The van der Waals surface area contributed by atoms with Gasteiger partial charge in [0.05, 0.1) is 4.92 Å². The Hall–Kier alpha value is -3.83. The van der Waals surface area contributed by atoms with Gasteiger partial charge in [0.25, 0.3) is 11.2 Å². The van der Waals surface area contributed by atoms with Crippen molar-refractivity contribution in [3.05, 3.63) is 54.2 Å². The minimum absolute atomic E-state index is 0.105. The fourth-order valence-electron chi connectivity index (χ4n) is 2.09. The molecule has 0 unspecified atom stereocenters. The smallest absolute Gasteiger partial charge is 0.328 e. The number of ether oxygens (including phenoxy) is 1. The second-order valence-electron chi connectivity index (χ2n) is 5.15. The number of azo groups is 1. The first-order chi connectivity index (χ1) is 12.2. The Labute approximate surface area is 144 Å². The molecule has 0 aliphatic heterocycles. The SMILES string of the molecule is Cc1cc([N+](=O)[O-])cc(C)c1OCC(=O)N=Nc1c(O)[nH]c(=O)[nH]c1=O. The van der Waals surface area contributed by atoms with Gasteiger partial charge in [-0.05, 0) is 25.0 Å². The summed E-state index contributed by atoms with van der Waals surface area (Å²) in [6.07, 6.45) is 0. The summed E-state index contributed by atoms with van der Waals surface area (Å²) in [7, 11) is 0. The van der Waals surface area contributed by atoms with E-state index in [0.717, 1.165) is 0 Å². The molecular weight excluding hydrogens is 350 g/mol. The van der Waals surface area contributed by atoms with Crippen LogP contribution in [-0.2, 0) is 4.79 Å². The molecule has 0 fully saturated rings. The highest BCUT2D eigenvalue weighted by atomic mass is 16.6. The van der Waals surface area contributed by atoms with Crippen LogP contribution in [-0.4, -0.2) is 32.5 Å². The quantitative estimate of drug-likeness (QED) is 0.402. The third-order valence-corrected chi connectivity index (χ3v) is 3.16. The summed E-state index contributed by atoms with van der Waals surface area (Å²) in [6.45, 7) is 2.61. The molecule has 0 bridgehead atoms. The van der Waals surface area contributed by atoms with Crippen molar-refractivity contribution in [2.45, 2.75) is 13.8 Å². The number of aromatic amines is 2. The molecule has 0 aliphatic rings. The highest BCUT2D eigenvalue weighted by Gasteiger charge is 2.14. The highest BCUT2D eigenvalue weighted by Crippen LogP contribution is 2.28. The average Bonchev–Trinajstić information content (AvgIpc) is 2.52. The number of aromatic nitrogens is 2. The number of nitro groups is 1. The van der Waals surface area contributed by atoms with Crippen molar-refractivity contribution in [3.8, 4) is 11.6 Å². The van der Waals surface area contributed by atoms with Gasteiger partial charge in [-0.1, -0.05) is 0 Å². The minimum atomic E-state index is -1.02. The number of nitrogens with one attached hydrogen (secondary N) is 2. The topological polar surface area (TPSA) is 180 Å². The Morgan fingerprint density at radius 3 is 2.42 bits per heavy atom. The first-order valence-corrected chi connectivity index (χ1v) is 7.07. The zero-order chi connectivity index (χ0) is 19.4. The molecule has 1 aromatic carbocycles. The Kier molecular flexibility index (Phi) is 5.25. The fourth-order valence-corrected chi connectivity index (χ4v) is 2.09. The van der Waals surface area contributed by atoms with Crippen LogP contribution >= 0.6 is 0 Å². The zero-order valence-corrected chi connectivity index (χ0v) is 13.6. The van der Waals surface area contributed by atoms with E-state index in [4.69, 9.17) is 4.74 Å². The Bertz CT molecular complexity index is 998. The number of rotatable bonds is 5. The normalized spacial score (nSPS) is 10.8.